The number of hydrogen-bond donors (Lipinski definition) is 3. The zero-order valence-electron chi connectivity index (χ0n) is 11.4. The first-order valence-corrected chi connectivity index (χ1v) is 8.63. The molecule has 6 heteroatoms. The lowest BCUT2D eigenvalue weighted by atomic mass is 10.1. The van der Waals surface area contributed by atoms with E-state index in [-0.39, 0.29) is 5.91 Å². The first kappa shape index (κ1) is 14.5. The average Bonchev–Trinajstić information content (AvgIpc) is 3.03. The van der Waals surface area contributed by atoms with E-state index in [1.54, 1.807) is 18.8 Å². The van der Waals surface area contributed by atoms with Gasteiger partial charge in [0.2, 0.25) is 0 Å². The second kappa shape index (κ2) is 6.52. The number of hydrogen-bond acceptors (Lipinski definition) is 5. The maximum absolute atomic E-state index is 11.8. The van der Waals surface area contributed by atoms with Crippen molar-refractivity contribution in [1.29, 1.82) is 0 Å². The Hall–Kier alpha value is -0.880. The summed E-state index contributed by atoms with van der Waals surface area (Å²) in [5, 5.41) is 7.16. The van der Waals surface area contributed by atoms with E-state index in [1.165, 1.54) is 37.0 Å². The number of thiophene rings is 1. The Morgan fingerprint density at radius 3 is 2.74 bits per heavy atom. The molecular weight excluding hydrogens is 278 g/mol. The van der Waals surface area contributed by atoms with Crippen LogP contribution in [0.3, 0.4) is 0 Å². The van der Waals surface area contributed by atoms with Crippen LogP contribution in [0, 0.1) is 5.92 Å². The quantitative estimate of drug-likeness (QED) is 0.731. The highest BCUT2D eigenvalue weighted by Gasteiger charge is 2.21. The predicted molar refractivity (Wildman–Crippen MR) is 84.4 cm³/mol. The minimum atomic E-state index is -0.105. The van der Waals surface area contributed by atoms with Gasteiger partial charge in [-0.1, -0.05) is 12.8 Å². The van der Waals surface area contributed by atoms with Gasteiger partial charge in [-0.3, -0.25) is 4.79 Å². The van der Waals surface area contributed by atoms with E-state index in [4.69, 9.17) is 5.73 Å². The van der Waals surface area contributed by atoms with Gasteiger partial charge in [0.25, 0.3) is 5.91 Å². The number of thioether (sulfide) groups is 1. The van der Waals surface area contributed by atoms with Gasteiger partial charge in [-0.2, -0.15) is 0 Å². The second-order valence-corrected chi connectivity index (χ2v) is 6.65. The van der Waals surface area contributed by atoms with Crippen molar-refractivity contribution in [1.82, 2.24) is 5.32 Å². The van der Waals surface area contributed by atoms with Crippen molar-refractivity contribution in [2.24, 2.45) is 5.92 Å². The summed E-state index contributed by atoms with van der Waals surface area (Å²) in [5.74, 6) is 0.660. The van der Waals surface area contributed by atoms with Gasteiger partial charge in [0.05, 0.1) is 10.6 Å². The first-order chi connectivity index (χ1) is 9.17. The van der Waals surface area contributed by atoms with Crippen LogP contribution >= 0.6 is 23.1 Å². The summed E-state index contributed by atoms with van der Waals surface area (Å²) in [6.07, 6.45) is 7.30. The third-order valence-electron chi connectivity index (χ3n) is 3.56. The van der Waals surface area contributed by atoms with E-state index < -0.39 is 0 Å². The molecule has 4 N–H and O–H groups in total. The molecule has 0 atom stereocenters. The summed E-state index contributed by atoms with van der Waals surface area (Å²) >= 11 is 3.05. The Morgan fingerprint density at radius 2 is 2.16 bits per heavy atom. The molecule has 1 aliphatic rings. The summed E-state index contributed by atoms with van der Waals surface area (Å²) in [6.45, 7) is 0.987. The number of amides is 1. The smallest absolute Gasteiger partial charge is 0.263 e. The number of nitrogens with one attached hydrogen (secondary N) is 2. The average molecular weight is 299 g/mol. The Kier molecular flexibility index (Phi) is 4.99. The van der Waals surface area contributed by atoms with E-state index in [2.05, 4.69) is 10.6 Å². The fourth-order valence-electron chi connectivity index (χ4n) is 2.48. The minimum absolute atomic E-state index is 0.105. The fraction of sp³-hybridized carbons (Fsp3) is 0.615. The maximum Gasteiger partial charge on any atom is 0.263 e. The number of nitrogens with two attached hydrogens (primary N) is 1. The highest BCUT2D eigenvalue weighted by atomic mass is 32.2. The SMILES string of the molecule is CNC(=O)c1sc(NCC2CCCC2)c(SC)c1N. The molecule has 1 aliphatic carbocycles. The number of carbonyl (C=O) groups excluding carboxylic acids is 1. The molecule has 0 bridgehead atoms. The van der Waals surface area contributed by atoms with E-state index in [0.717, 1.165) is 22.4 Å². The van der Waals surface area contributed by atoms with E-state index in [0.29, 0.717) is 10.6 Å². The van der Waals surface area contributed by atoms with Crippen molar-refractivity contribution in [3.8, 4) is 0 Å². The standard InChI is InChI=1S/C13H21N3OS2/c1-15-12(17)10-9(14)11(18-2)13(19-10)16-7-8-5-3-4-6-8/h8,16H,3-7,14H2,1-2H3,(H,15,17). The normalized spacial score (nSPS) is 15.7. The van der Waals surface area contributed by atoms with Crippen LogP contribution in [-0.4, -0.2) is 25.8 Å². The summed E-state index contributed by atoms with van der Waals surface area (Å²) < 4.78 is 0. The molecule has 1 amide bonds. The number of anilines is 2. The molecular formula is C13H21N3OS2. The maximum atomic E-state index is 11.8. The molecule has 0 radical (unpaired) electrons. The molecule has 4 nitrogen and oxygen atoms in total. The van der Waals surface area contributed by atoms with Crippen LogP contribution in [0.5, 0.6) is 0 Å². The molecule has 2 rings (SSSR count). The second-order valence-electron chi connectivity index (χ2n) is 4.82. The summed E-state index contributed by atoms with van der Waals surface area (Å²) in [6, 6.07) is 0. The summed E-state index contributed by atoms with van der Waals surface area (Å²) in [7, 11) is 1.63. The molecule has 1 heterocycles. The lowest BCUT2D eigenvalue weighted by Gasteiger charge is -2.11. The highest BCUT2D eigenvalue weighted by molar-refractivity contribution is 7.99. The third kappa shape index (κ3) is 3.17. The van der Waals surface area contributed by atoms with Crippen LogP contribution < -0.4 is 16.4 Å². The highest BCUT2D eigenvalue weighted by Crippen LogP contribution is 2.42. The molecule has 0 spiro atoms. The van der Waals surface area contributed by atoms with Crippen LogP contribution in [0.4, 0.5) is 10.7 Å². The van der Waals surface area contributed by atoms with Gasteiger partial charge >= 0.3 is 0 Å². The monoisotopic (exact) mass is 299 g/mol. The van der Waals surface area contributed by atoms with Gasteiger partial charge in [-0.25, -0.2) is 0 Å². The van der Waals surface area contributed by atoms with Crippen molar-refractivity contribution < 1.29 is 4.79 Å². The summed E-state index contributed by atoms with van der Waals surface area (Å²) in [5.41, 5.74) is 6.67. The van der Waals surface area contributed by atoms with Crippen molar-refractivity contribution in [2.45, 2.75) is 30.6 Å². The Morgan fingerprint density at radius 1 is 1.47 bits per heavy atom. The molecule has 1 fully saturated rings. The van der Waals surface area contributed by atoms with E-state index in [9.17, 15) is 4.79 Å². The molecule has 0 saturated heterocycles. The molecule has 19 heavy (non-hydrogen) atoms. The topological polar surface area (TPSA) is 67.2 Å². The van der Waals surface area contributed by atoms with Gasteiger partial charge in [-0.15, -0.1) is 23.1 Å². The van der Waals surface area contributed by atoms with Crippen LogP contribution in [0.15, 0.2) is 4.90 Å². The van der Waals surface area contributed by atoms with E-state index >= 15 is 0 Å². The molecule has 0 aromatic carbocycles. The van der Waals surface area contributed by atoms with Gasteiger partial charge in [-0.05, 0) is 25.0 Å². The molecule has 1 saturated carbocycles. The first-order valence-electron chi connectivity index (χ1n) is 6.59. The van der Waals surface area contributed by atoms with Gasteiger partial charge in [0.15, 0.2) is 0 Å². The van der Waals surface area contributed by atoms with Crippen LogP contribution in [0.1, 0.15) is 35.4 Å². The number of carbonyl (C=O) groups is 1. The zero-order valence-corrected chi connectivity index (χ0v) is 13.0. The molecule has 0 unspecified atom stereocenters. The largest absolute Gasteiger partial charge is 0.396 e. The molecule has 0 aliphatic heterocycles. The number of nitrogen functional groups attached to an aromatic ring is 1. The van der Waals surface area contributed by atoms with Crippen molar-refractivity contribution >= 4 is 39.7 Å². The van der Waals surface area contributed by atoms with Gasteiger partial charge in [0, 0.05) is 13.6 Å². The van der Waals surface area contributed by atoms with E-state index in [1.807, 2.05) is 6.26 Å². The van der Waals surface area contributed by atoms with Gasteiger partial charge in [0.1, 0.15) is 9.88 Å². The predicted octanol–water partition coefficient (Wildman–Crippen LogP) is 3.01. The van der Waals surface area contributed by atoms with Crippen LogP contribution in [0.2, 0.25) is 0 Å². The fourth-order valence-corrected chi connectivity index (χ4v) is 4.47. The van der Waals surface area contributed by atoms with Crippen molar-refractivity contribution in [3.63, 3.8) is 0 Å². The third-order valence-corrected chi connectivity index (χ3v) is 5.69. The Balaban J connectivity index is 2.12. The number of rotatable bonds is 5. The molecule has 106 valence electrons. The lowest BCUT2D eigenvalue weighted by Crippen LogP contribution is -2.17. The Bertz CT molecular complexity index is 453. The van der Waals surface area contributed by atoms with Crippen LogP contribution in [0.25, 0.3) is 0 Å². The summed E-state index contributed by atoms with van der Waals surface area (Å²) in [4.78, 5) is 13.4. The van der Waals surface area contributed by atoms with Crippen molar-refractivity contribution in [3.05, 3.63) is 4.88 Å². The van der Waals surface area contributed by atoms with Crippen molar-refractivity contribution in [2.75, 3.05) is 30.9 Å². The molecule has 1 aromatic rings. The van der Waals surface area contributed by atoms with Gasteiger partial charge < -0.3 is 16.4 Å². The van der Waals surface area contributed by atoms with Crippen LogP contribution in [-0.2, 0) is 0 Å². The lowest BCUT2D eigenvalue weighted by molar-refractivity contribution is 0.0968. The minimum Gasteiger partial charge on any atom is -0.396 e. The zero-order chi connectivity index (χ0) is 13.8. The Labute approximate surface area is 122 Å². The molecule has 1 aromatic heterocycles.